The molecule has 0 amide bonds. The molecule has 0 aliphatic carbocycles. The summed E-state index contributed by atoms with van der Waals surface area (Å²) >= 11 is 0. The van der Waals surface area contributed by atoms with Gasteiger partial charge in [0.1, 0.15) is 5.82 Å². The summed E-state index contributed by atoms with van der Waals surface area (Å²) < 4.78 is 14.8. The zero-order chi connectivity index (χ0) is 18.8. The zero-order valence-corrected chi connectivity index (χ0v) is 14.6. The lowest BCUT2D eigenvalue weighted by molar-refractivity contribution is 0.631. The first kappa shape index (κ1) is 16.8. The van der Waals surface area contributed by atoms with Crippen molar-refractivity contribution in [2.24, 2.45) is 0 Å². The third-order valence-electron chi connectivity index (χ3n) is 4.25. The summed E-state index contributed by atoms with van der Waals surface area (Å²) in [6, 6.07) is 12.8. The number of nitrogen functional groups attached to an aromatic ring is 1. The van der Waals surface area contributed by atoms with Crippen LogP contribution in [0.4, 0.5) is 10.3 Å². The molecule has 132 valence electrons. The normalized spacial score (nSPS) is 10.7. The molecule has 0 spiro atoms. The van der Waals surface area contributed by atoms with Crippen LogP contribution < -0.4 is 5.73 Å². The maximum atomic E-state index is 14.8. The molecule has 2 heterocycles. The summed E-state index contributed by atoms with van der Waals surface area (Å²) in [4.78, 5) is 16.5. The molecule has 6 heteroatoms. The van der Waals surface area contributed by atoms with E-state index in [9.17, 15) is 4.39 Å². The van der Waals surface area contributed by atoms with E-state index in [1.165, 1.54) is 6.07 Å². The Hall–Kier alpha value is -3.67. The fraction of sp³-hybridized carbons (Fsp3) is 0.0476. The van der Waals surface area contributed by atoms with Crippen molar-refractivity contribution in [3.8, 4) is 33.5 Å². The molecule has 0 fully saturated rings. The van der Waals surface area contributed by atoms with Crippen LogP contribution in [0.2, 0.25) is 0 Å². The number of hydrogen-bond acceptors (Lipinski definition) is 5. The van der Waals surface area contributed by atoms with Crippen LogP contribution in [0.1, 0.15) is 5.69 Å². The number of anilines is 1. The van der Waals surface area contributed by atoms with Crippen LogP contribution in [-0.4, -0.2) is 19.9 Å². The van der Waals surface area contributed by atoms with E-state index in [2.05, 4.69) is 19.9 Å². The monoisotopic (exact) mass is 357 g/mol. The highest BCUT2D eigenvalue weighted by molar-refractivity contribution is 5.83. The van der Waals surface area contributed by atoms with Gasteiger partial charge < -0.3 is 5.73 Å². The highest BCUT2D eigenvalue weighted by Crippen LogP contribution is 2.33. The minimum absolute atomic E-state index is 0.214. The van der Waals surface area contributed by atoms with Crippen molar-refractivity contribution in [3.05, 3.63) is 78.8 Å². The molecule has 4 aromatic rings. The van der Waals surface area contributed by atoms with Crippen molar-refractivity contribution < 1.29 is 4.39 Å². The molecule has 5 nitrogen and oxygen atoms in total. The molecule has 0 saturated heterocycles. The maximum Gasteiger partial charge on any atom is 0.219 e. The van der Waals surface area contributed by atoms with E-state index in [1.54, 1.807) is 30.9 Å². The maximum absolute atomic E-state index is 14.8. The average Bonchev–Trinajstić information content (AvgIpc) is 2.69. The smallest absolute Gasteiger partial charge is 0.219 e. The number of nitrogens with two attached hydrogens (primary N) is 1. The van der Waals surface area contributed by atoms with Crippen LogP contribution in [0.25, 0.3) is 33.5 Å². The van der Waals surface area contributed by atoms with Gasteiger partial charge in [-0.3, -0.25) is 9.97 Å². The fourth-order valence-corrected chi connectivity index (χ4v) is 2.89. The second-order valence-corrected chi connectivity index (χ2v) is 6.11. The van der Waals surface area contributed by atoms with Crippen molar-refractivity contribution in [1.82, 2.24) is 19.9 Å². The van der Waals surface area contributed by atoms with Gasteiger partial charge in [0, 0.05) is 29.7 Å². The van der Waals surface area contributed by atoms with Crippen molar-refractivity contribution in [3.63, 3.8) is 0 Å². The Morgan fingerprint density at radius 2 is 1.44 bits per heavy atom. The molecule has 2 N–H and O–H groups in total. The number of benzene rings is 2. The van der Waals surface area contributed by atoms with Crippen LogP contribution >= 0.6 is 0 Å². The largest absolute Gasteiger partial charge is 0.368 e. The summed E-state index contributed by atoms with van der Waals surface area (Å²) in [7, 11) is 0. The van der Waals surface area contributed by atoms with E-state index in [0.717, 1.165) is 27.9 Å². The molecule has 0 unspecified atom stereocenters. The molecular formula is C21H16FN5. The molecular weight excluding hydrogens is 341 g/mol. The number of aromatic nitrogens is 4. The first-order valence-electron chi connectivity index (χ1n) is 8.37. The lowest BCUT2D eigenvalue weighted by Crippen LogP contribution is -1.95. The first-order valence-corrected chi connectivity index (χ1v) is 8.37. The predicted octanol–water partition coefficient (Wildman–Crippen LogP) is 4.30. The lowest BCUT2D eigenvalue weighted by Gasteiger charge is -2.11. The van der Waals surface area contributed by atoms with E-state index in [1.807, 2.05) is 37.3 Å². The Morgan fingerprint density at radius 1 is 0.741 bits per heavy atom. The summed E-state index contributed by atoms with van der Waals surface area (Å²) in [6.07, 6.45) is 6.52. The Kier molecular flexibility index (Phi) is 4.30. The summed E-state index contributed by atoms with van der Waals surface area (Å²) in [5.74, 6) is -0.139. The van der Waals surface area contributed by atoms with Crippen molar-refractivity contribution in [2.45, 2.75) is 6.92 Å². The zero-order valence-electron chi connectivity index (χ0n) is 14.6. The first-order chi connectivity index (χ1) is 13.1. The van der Waals surface area contributed by atoms with E-state index in [4.69, 9.17) is 5.73 Å². The van der Waals surface area contributed by atoms with Crippen molar-refractivity contribution in [1.29, 1.82) is 0 Å². The number of nitrogens with zero attached hydrogens (tertiary/aromatic N) is 4. The van der Waals surface area contributed by atoms with Gasteiger partial charge in [-0.2, -0.15) is 0 Å². The van der Waals surface area contributed by atoms with Crippen LogP contribution in [0.15, 0.2) is 67.3 Å². The number of hydrogen-bond donors (Lipinski definition) is 1. The Bertz CT molecular complexity index is 1090. The minimum atomic E-state index is -0.353. The number of halogens is 1. The Labute approximate surface area is 155 Å². The molecule has 27 heavy (non-hydrogen) atoms. The second-order valence-electron chi connectivity index (χ2n) is 6.11. The summed E-state index contributed by atoms with van der Waals surface area (Å²) in [6.45, 7) is 1.84. The third kappa shape index (κ3) is 3.37. The molecule has 0 aliphatic rings. The predicted molar refractivity (Wildman–Crippen MR) is 103 cm³/mol. The van der Waals surface area contributed by atoms with E-state index in [0.29, 0.717) is 11.3 Å². The third-order valence-corrected chi connectivity index (χ3v) is 4.25. The SMILES string of the molecule is Cc1cnc(-c2ccc(-c3ccccc3-c3cnc(N)nc3)cc2F)cn1. The fourth-order valence-electron chi connectivity index (χ4n) is 2.89. The minimum Gasteiger partial charge on any atom is -0.368 e. The molecule has 0 atom stereocenters. The van der Waals surface area contributed by atoms with Gasteiger partial charge in [-0.05, 0) is 35.7 Å². The number of rotatable bonds is 3. The van der Waals surface area contributed by atoms with Crippen LogP contribution in [0, 0.1) is 12.7 Å². The molecule has 0 aliphatic heterocycles. The second kappa shape index (κ2) is 6.92. The lowest BCUT2D eigenvalue weighted by atomic mass is 9.95. The van der Waals surface area contributed by atoms with E-state index in [-0.39, 0.29) is 11.8 Å². The Balaban J connectivity index is 1.78. The standard InChI is InChI=1S/C21H16FN5/c1-13-9-25-20(12-24-13)18-7-6-14(8-19(18)22)16-4-2-3-5-17(16)15-10-26-21(23)27-11-15/h2-12H,1H3,(H2,23,26,27). The molecule has 2 aromatic carbocycles. The van der Waals surface area contributed by atoms with E-state index >= 15 is 0 Å². The molecule has 0 radical (unpaired) electrons. The average molecular weight is 357 g/mol. The van der Waals surface area contributed by atoms with Gasteiger partial charge in [-0.15, -0.1) is 0 Å². The van der Waals surface area contributed by atoms with Crippen molar-refractivity contribution in [2.75, 3.05) is 5.73 Å². The van der Waals surface area contributed by atoms with Gasteiger partial charge in [0.05, 0.1) is 17.6 Å². The topological polar surface area (TPSA) is 77.6 Å². The van der Waals surface area contributed by atoms with Gasteiger partial charge in [0.25, 0.3) is 0 Å². The van der Waals surface area contributed by atoms with Gasteiger partial charge >= 0.3 is 0 Å². The molecule has 0 bridgehead atoms. The summed E-state index contributed by atoms with van der Waals surface area (Å²) in [5.41, 5.74) is 10.6. The number of aryl methyl sites for hydroxylation is 1. The molecule has 4 rings (SSSR count). The highest BCUT2D eigenvalue weighted by Gasteiger charge is 2.12. The molecule has 0 saturated carbocycles. The van der Waals surface area contributed by atoms with Gasteiger partial charge in [0.15, 0.2) is 0 Å². The Morgan fingerprint density at radius 3 is 2.07 bits per heavy atom. The van der Waals surface area contributed by atoms with Crippen molar-refractivity contribution >= 4 is 5.95 Å². The van der Waals surface area contributed by atoms with Gasteiger partial charge in [-0.1, -0.05) is 30.3 Å². The van der Waals surface area contributed by atoms with Gasteiger partial charge in [0.2, 0.25) is 5.95 Å². The van der Waals surface area contributed by atoms with Crippen LogP contribution in [-0.2, 0) is 0 Å². The van der Waals surface area contributed by atoms with Crippen LogP contribution in [0.5, 0.6) is 0 Å². The molecule has 2 aromatic heterocycles. The highest BCUT2D eigenvalue weighted by atomic mass is 19.1. The van der Waals surface area contributed by atoms with E-state index < -0.39 is 0 Å². The quantitative estimate of drug-likeness (QED) is 0.591. The summed E-state index contributed by atoms with van der Waals surface area (Å²) in [5, 5.41) is 0. The van der Waals surface area contributed by atoms with Crippen LogP contribution in [0.3, 0.4) is 0 Å². The van der Waals surface area contributed by atoms with Gasteiger partial charge in [-0.25, -0.2) is 14.4 Å².